The molecule has 2 heterocycles. The van der Waals surface area contributed by atoms with Gasteiger partial charge in [0.1, 0.15) is 5.75 Å². The van der Waals surface area contributed by atoms with Crippen LogP contribution in [0.25, 0.3) is 28.3 Å². The van der Waals surface area contributed by atoms with Crippen LogP contribution in [0.15, 0.2) is 48.7 Å². The summed E-state index contributed by atoms with van der Waals surface area (Å²) in [6.45, 7) is 2.26. The molecule has 0 spiro atoms. The number of hydrogen-bond donors (Lipinski definition) is 1. The number of nitrogens with zero attached hydrogens (tertiary/aromatic N) is 3. The molecule has 28 heavy (non-hydrogen) atoms. The van der Waals surface area contributed by atoms with Crippen molar-refractivity contribution < 1.29 is 4.74 Å². The fourth-order valence-corrected chi connectivity index (χ4v) is 3.77. The molecule has 2 N–H and O–H groups in total. The Bertz CT molecular complexity index is 1170. The molecule has 4 rings (SSSR count). The minimum Gasteiger partial charge on any atom is -0.497 e. The number of imidazole rings is 1. The number of aromatic nitrogens is 3. The minimum atomic E-state index is 0.332. The minimum absolute atomic E-state index is 0.332. The number of methoxy groups -OCH3 is 1. The molecule has 142 valence electrons. The van der Waals surface area contributed by atoms with Gasteiger partial charge in [-0.3, -0.25) is 4.40 Å². The number of benzene rings is 2. The van der Waals surface area contributed by atoms with Gasteiger partial charge in [0.25, 0.3) is 0 Å². The molecule has 0 saturated heterocycles. The zero-order valence-electron chi connectivity index (χ0n) is 15.4. The van der Waals surface area contributed by atoms with Crippen LogP contribution in [0.1, 0.15) is 11.3 Å². The Hall–Kier alpha value is -2.60. The lowest BCUT2D eigenvalue weighted by atomic mass is 10.0. The normalized spacial score (nSPS) is 11.2. The van der Waals surface area contributed by atoms with Crippen LogP contribution in [0.2, 0.25) is 10.0 Å². The Morgan fingerprint density at radius 2 is 1.82 bits per heavy atom. The van der Waals surface area contributed by atoms with E-state index in [9.17, 15) is 0 Å². The van der Waals surface area contributed by atoms with Crippen LogP contribution in [0.4, 0.5) is 0 Å². The molecule has 0 aliphatic heterocycles. The van der Waals surface area contributed by atoms with Gasteiger partial charge in [0.05, 0.1) is 23.5 Å². The molecule has 0 bridgehead atoms. The second-order valence-electron chi connectivity index (χ2n) is 6.38. The van der Waals surface area contributed by atoms with Crippen molar-refractivity contribution in [2.75, 3.05) is 7.11 Å². The molecule has 5 nitrogen and oxygen atoms in total. The molecule has 0 aliphatic carbocycles. The first-order chi connectivity index (χ1) is 13.5. The van der Waals surface area contributed by atoms with Crippen LogP contribution < -0.4 is 10.5 Å². The summed E-state index contributed by atoms with van der Waals surface area (Å²) in [5.74, 6) is 1.38. The maximum Gasteiger partial charge on any atom is 0.235 e. The summed E-state index contributed by atoms with van der Waals surface area (Å²) >= 11 is 12.6. The van der Waals surface area contributed by atoms with E-state index in [2.05, 4.69) is 4.98 Å². The highest BCUT2D eigenvalue weighted by Crippen LogP contribution is 2.35. The highest BCUT2D eigenvalue weighted by atomic mass is 35.5. The molecule has 7 heteroatoms. The lowest BCUT2D eigenvalue weighted by molar-refractivity contribution is 0.415. The highest BCUT2D eigenvalue weighted by Gasteiger charge is 2.18. The largest absolute Gasteiger partial charge is 0.497 e. The summed E-state index contributed by atoms with van der Waals surface area (Å²) in [6.07, 6.45) is 1.95. The SMILES string of the molecule is COc1ccc(-c2cn3c(-c4ccc(Cl)cc4Cl)c(CN)c(C)nc3n2)cc1. The Morgan fingerprint density at radius 1 is 1.07 bits per heavy atom. The summed E-state index contributed by atoms with van der Waals surface area (Å²) < 4.78 is 7.17. The molecule has 2 aromatic carbocycles. The van der Waals surface area contributed by atoms with E-state index in [0.717, 1.165) is 39.5 Å². The fourth-order valence-electron chi connectivity index (χ4n) is 3.27. The van der Waals surface area contributed by atoms with E-state index in [-0.39, 0.29) is 0 Å². The number of ether oxygens (including phenoxy) is 1. The number of nitrogens with two attached hydrogens (primary N) is 1. The summed E-state index contributed by atoms with van der Waals surface area (Å²) in [6, 6.07) is 13.2. The third-order valence-corrected chi connectivity index (χ3v) is 5.24. The van der Waals surface area contributed by atoms with Gasteiger partial charge in [0, 0.05) is 40.1 Å². The average Bonchev–Trinajstić information content (AvgIpc) is 3.11. The maximum atomic E-state index is 6.51. The molecule has 0 fully saturated rings. The van der Waals surface area contributed by atoms with E-state index in [1.807, 2.05) is 53.9 Å². The zero-order chi connectivity index (χ0) is 19.8. The zero-order valence-corrected chi connectivity index (χ0v) is 16.9. The lowest BCUT2D eigenvalue weighted by Gasteiger charge is -2.14. The molecular formula is C21H18Cl2N4O. The van der Waals surface area contributed by atoms with Gasteiger partial charge in [0.2, 0.25) is 5.78 Å². The number of aryl methyl sites for hydroxylation is 1. The van der Waals surface area contributed by atoms with Crippen LogP contribution in [-0.2, 0) is 6.54 Å². The van der Waals surface area contributed by atoms with Gasteiger partial charge >= 0.3 is 0 Å². The van der Waals surface area contributed by atoms with Gasteiger partial charge in [-0.2, -0.15) is 0 Å². The van der Waals surface area contributed by atoms with E-state index in [4.69, 9.17) is 38.7 Å². The fraction of sp³-hybridized carbons (Fsp3) is 0.143. The molecule has 0 atom stereocenters. The van der Waals surface area contributed by atoms with E-state index in [1.54, 1.807) is 13.2 Å². The van der Waals surface area contributed by atoms with Crippen LogP contribution in [0.5, 0.6) is 5.75 Å². The highest BCUT2D eigenvalue weighted by molar-refractivity contribution is 6.36. The van der Waals surface area contributed by atoms with Crippen LogP contribution in [-0.4, -0.2) is 21.5 Å². The second-order valence-corrected chi connectivity index (χ2v) is 7.22. The van der Waals surface area contributed by atoms with Crippen molar-refractivity contribution in [2.24, 2.45) is 5.73 Å². The summed E-state index contributed by atoms with van der Waals surface area (Å²) in [5, 5.41) is 1.13. The number of hydrogen-bond acceptors (Lipinski definition) is 4. The Labute approximate surface area is 172 Å². The van der Waals surface area contributed by atoms with Crippen LogP contribution >= 0.6 is 23.2 Å². The second kappa shape index (κ2) is 7.43. The van der Waals surface area contributed by atoms with Crippen molar-refractivity contribution >= 4 is 29.0 Å². The topological polar surface area (TPSA) is 65.4 Å². The van der Waals surface area contributed by atoms with Gasteiger partial charge < -0.3 is 10.5 Å². The first-order valence-electron chi connectivity index (χ1n) is 8.70. The van der Waals surface area contributed by atoms with Gasteiger partial charge in [-0.15, -0.1) is 0 Å². The van der Waals surface area contributed by atoms with E-state index in [1.165, 1.54) is 0 Å². The van der Waals surface area contributed by atoms with E-state index >= 15 is 0 Å². The van der Waals surface area contributed by atoms with Crippen molar-refractivity contribution in [3.05, 3.63) is 70.0 Å². The van der Waals surface area contributed by atoms with Gasteiger partial charge in [-0.05, 0) is 49.4 Å². The van der Waals surface area contributed by atoms with Crippen molar-refractivity contribution in [3.8, 4) is 28.3 Å². The van der Waals surface area contributed by atoms with Crippen molar-refractivity contribution in [1.82, 2.24) is 14.4 Å². The van der Waals surface area contributed by atoms with E-state index in [0.29, 0.717) is 22.4 Å². The molecule has 2 aromatic heterocycles. The summed E-state index contributed by atoms with van der Waals surface area (Å²) in [7, 11) is 1.64. The maximum absolute atomic E-state index is 6.51. The molecule has 0 unspecified atom stereocenters. The van der Waals surface area contributed by atoms with Crippen LogP contribution in [0, 0.1) is 6.92 Å². The third-order valence-electron chi connectivity index (χ3n) is 4.69. The van der Waals surface area contributed by atoms with E-state index < -0.39 is 0 Å². The first kappa shape index (κ1) is 18.7. The monoisotopic (exact) mass is 412 g/mol. The predicted octanol–water partition coefficient (Wildman–Crippen LogP) is 5.15. The number of fused-ring (bicyclic) bond motifs is 1. The Kier molecular flexibility index (Phi) is 4.98. The van der Waals surface area contributed by atoms with Gasteiger partial charge in [0.15, 0.2) is 0 Å². The molecule has 0 amide bonds. The molecule has 0 saturated carbocycles. The lowest BCUT2D eigenvalue weighted by Crippen LogP contribution is -2.08. The third kappa shape index (κ3) is 3.22. The smallest absolute Gasteiger partial charge is 0.235 e. The summed E-state index contributed by atoms with van der Waals surface area (Å²) in [4.78, 5) is 9.35. The average molecular weight is 413 g/mol. The predicted molar refractivity (Wildman–Crippen MR) is 113 cm³/mol. The van der Waals surface area contributed by atoms with Gasteiger partial charge in [-0.25, -0.2) is 9.97 Å². The molecule has 4 aromatic rings. The van der Waals surface area contributed by atoms with Crippen LogP contribution in [0.3, 0.4) is 0 Å². The van der Waals surface area contributed by atoms with Crippen molar-refractivity contribution in [2.45, 2.75) is 13.5 Å². The molecular weight excluding hydrogens is 395 g/mol. The Balaban J connectivity index is 1.97. The number of halogens is 2. The van der Waals surface area contributed by atoms with Gasteiger partial charge in [-0.1, -0.05) is 23.2 Å². The Morgan fingerprint density at radius 3 is 2.46 bits per heavy atom. The van der Waals surface area contributed by atoms with Crippen molar-refractivity contribution in [1.29, 1.82) is 0 Å². The summed E-state index contributed by atoms with van der Waals surface area (Å²) in [5.41, 5.74) is 11.3. The molecule has 0 radical (unpaired) electrons. The quantitative estimate of drug-likeness (QED) is 0.503. The van der Waals surface area contributed by atoms with Crippen molar-refractivity contribution in [3.63, 3.8) is 0 Å². The first-order valence-corrected chi connectivity index (χ1v) is 9.46. The molecule has 0 aliphatic rings. The standard InChI is InChI=1S/C21H18Cl2N4O/c1-12-17(10-24)20(16-8-5-14(22)9-18(16)23)27-11-19(26-21(27)25-12)13-3-6-15(28-2)7-4-13/h3-9,11H,10,24H2,1-2H3. The number of rotatable bonds is 4.